The van der Waals surface area contributed by atoms with E-state index in [-0.39, 0.29) is 4.90 Å². The third kappa shape index (κ3) is 5.67. The third-order valence-corrected chi connectivity index (χ3v) is 6.92. The smallest absolute Gasteiger partial charge is 0.240 e. The molecular formula is C23H30N4O2S. The molecule has 0 aliphatic carbocycles. The number of hydrogen-bond donors (Lipinski definition) is 1. The predicted octanol–water partition coefficient (Wildman–Crippen LogP) is 3.05. The Bertz CT molecular complexity index is 997. The maximum absolute atomic E-state index is 12.3. The van der Waals surface area contributed by atoms with E-state index in [1.807, 2.05) is 19.1 Å². The molecule has 0 unspecified atom stereocenters. The summed E-state index contributed by atoms with van der Waals surface area (Å²) in [5.74, 6) is 0. The van der Waals surface area contributed by atoms with Gasteiger partial charge in [0.15, 0.2) is 0 Å². The van der Waals surface area contributed by atoms with Crippen LogP contribution in [0.3, 0.4) is 0 Å². The van der Waals surface area contributed by atoms with E-state index in [0.29, 0.717) is 12.1 Å². The van der Waals surface area contributed by atoms with Gasteiger partial charge >= 0.3 is 0 Å². The SMILES string of the molecule is CCCNS(=O)(=O)c1ccc(-c2ccc(CN3CCCN(C)CC3)cc2C#N)cc1. The zero-order chi connectivity index (χ0) is 21.6. The summed E-state index contributed by atoms with van der Waals surface area (Å²) in [6.45, 7) is 7.45. The van der Waals surface area contributed by atoms with Gasteiger partial charge in [0, 0.05) is 26.2 Å². The quantitative estimate of drug-likeness (QED) is 0.736. The highest BCUT2D eigenvalue weighted by Crippen LogP contribution is 2.26. The van der Waals surface area contributed by atoms with E-state index in [0.717, 1.165) is 62.3 Å². The molecular weight excluding hydrogens is 396 g/mol. The van der Waals surface area contributed by atoms with Crippen LogP contribution >= 0.6 is 0 Å². The highest BCUT2D eigenvalue weighted by molar-refractivity contribution is 7.89. The first-order valence-corrected chi connectivity index (χ1v) is 12.0. The van der Waals surface area contributed by atoms with Gasteiger partial charge in [-0.3, -0.25) is 4.90 Å². The van der Waals surface area contributed by atoms with Crippen LogP contribution in [-0.2, 0) is 16.6 Å². The van der Waals surface area contributed by atoms with E-state index in [4.69, 9.17) is 0 Å². The number of nitrogens with zero attached hydrogens (tertiary/aromatic N) is 3. The molecule has 2 aromatic rings. The van der Waals surface area contributed by atoms with E-state index in [1.54, 1.807) is 24.3 Å². The van der Waals surface area contributed by atoms with Gasteiger partial charge in [0.2, 0.25) is 10.0 Å². The summed E-state index contributed by atoms with van der Waals surface area (Å²) in [5, 5.41) is 9.69. The fourth-order valence-corrected chi connectivity index (χ4v) is 4.82. The van der Waals surface area contributed by atoms with E-state index >= 15 is 0 Å². The molecule has 0 amide bonds. The normalized spacial score (nSPS) is 16.2. The van der Waals surface area contributed by atoms with Gasteiger partial charge in [-0.25, -0.2) is 13.1 Å². The molecule has 0 atom stereocenters. The van der Waals surface area contributed by atoms with Crippen molar-refractivity contribution >= 4 is 10.0 Å². The van der Waals surface area contributed by atoms with Crippen molar-refractivity contribution in [2.24, 2.45) is 0 Å². The number of hydrogen-bond acceptors (Lipinski definition) is 5. The molecule has 6 nitrogen and oxygen atoms in total. The molecule has 160 valence electrons. The van der Waals surface area contributed by atoms with Gasteiger partial charge in [0.25, 0.3) is 0 Å². The lowest BCUT2D eigenvalue weighted by atomic mass is 9.98. The molecule has 1 aliphatic heterocycles. The van der Waals surface area contributed by atoms with Gasteiger partial charge in [-0.2, -0.15) is 5.26 Å². The molecule has 0 radical (unpaired) electrons. The molecule has 2 aromatic carbocycles. The molecule has 30 heavy (non-hydrogen) atoms. The fourth-order valence-electron chi connectivity index (χ4n) is 3.68. The number of rotatable bonds is 7. The van der Waals surface area contributed by atoms with Crippen LogP contribution in [0.5, 0.6) is 0 Å². The summed E-state index contributed by atoms with van der Waals surface area (Å²) in [4.78, 5) is 5.02. The van der Waals surface area contributed by atoms with Crippen molar-refractivity contribution in [1.29, 1.82) is 5.26 Å². The minimum absolute atomic E-state index is 0.237. The van der Waals surface area contributed by atoms with Crippen molar-refractivity contribution < 1.29 is 8.42 Å². The summed E-state index contributed by atoms with van der Waals surface area (Å²) < 4.78 is 27.1. The zero-order valence-electron chi connectivity index (χ0n) is 17.8. The first-order chi connectivity index (χ1) is 14.4. The van der Waals surface area contributed by atoms with Crippen LogP contribution in [0.1, 0.15) is 30.9 Å². The lowest BCUT2D eigenvalue weighted by Gasteiger charge is -2.20. The zero-order valence-corrected chi connectivity index (χ0v) is 18.6. The van der Waals surface area contributed by atoms with Crippen molar-refractivity contribution in [3.63, 3.8) is 0 Å². The molecule has 1 aliphatic rings. The largest absolute Gasteiger partial charge is 0.305 e. The molecule has 0 saturated carbocycles. The summed E-state index contributed by atoms with van der Waals surface area (Å²) in [6.07, 6.45) is 1.89. The van der Waals surface area contributed by atoms with Crippen LogP contribution in [0.4, 0.5) is 0 Å². The Morgan fingerprint density at radius 1 is 1.07 bits per heavy atom. The van der Waals surface area contributed by atoms with Crippen LogP contribution < -0.4 is 4.72 Å². The molecule has 1 fully saturated rings. The molecule has 3 rings (SSSR count). The Kier molecular flexibility index (Phi) is 7.62. The minimum Gasteiger partial charge on any atom is -0.305 e. The number of nitrogens with one attached hydrogen (secondary N) is 1. The Hall–Kier alpha value is -2.24. The molecule has 7 heteroatoms. The molecule has 0 aromatic heterocycles. The van der Waals surface area contributed by atoms with Gasteiger partial charge in [-0.15, -0.1) is 0 Å². The number of nitriles is 1. The summed E-state index contributed by atoms with van der Waals surface area (Å²) in [5.41, 5.74) is 3.40. The number of likely N-dealkylation sites (N-methyl/N-ethyl adjacent to an activating group) is 1. The summed E-state index contributed by atoms with van der Waals surface area (Å²) in [7, 11) is -1.34. The van der Waals surface area contributed by atoms with Crippen molar-refractivity contribution in [1.82, 2.24) is 14.5 Å². The Morgan fingerprint density at radius 3 is 2.53 bits per heavy atom. The van der Waals surface area contributed by atoms with Crippen LogP contribution in [-0.4, -0.2) is 58.0 Å². The first-order valence-electron chi connectivity index (χ1n) is 10.5. The Labute approximate surface area is 180 Å². The standard InChI is InChI=1S/C23H30N4O2S/c1-3-11-25-30(28,29)22-8-6-20(7-9-22)23-10-5-19(16-21(23)17-24)18-27-13-4-12-26(2)14-15-27/h5-10,16,25H,3-4,11-15,18H2,1-2H3. The molecule has 0 spiro atoms. The van der Waals surface area contributed by atoms with Gasteiger partial charge in [-0.05, 0) is 67.9 Å². The van der Waals surface area contributed by atoms with Crippen molar-refractivity contribution in [2.75, 3.05) is 39.8 Å². The second-order valence-corrected chi connectivity index (χ2v) is 9.61. The predicted molar refractivity (Wildman–Crippen MR) is 119 cm³/mol. The van der Waals surface area contributed by atoms with Gasteiger partial charge in [0.05, 0.1) is 16.5 Å². The Morgan fingerprint density at radius 2 is 1.83 bits per heavy atom. The van der Waals surface area contributed by atoms with Gasteiger partial charge in [0.1, 0.15) is 0 Å². The second-order valence-electron chi connectivity index (χ2n) is 7.85. The van der Waals surface area contributed by atoms with Crippen LogP contribution in [0.25, 0.3) is 11.1 Å². The average molecular weight is 427 g/mol. The second kappa shape index (κ2) is 10.2. The van der Waals surface area contributed by atoms with Crippen molar-refractivity contribution in [2.45, 2.75) is 31.2 Å². The number of benzene rings is 2. The van der Waals surface area contributed by atoms with Gasteiger partial charge in [-0.1, -0.05) is 31.2 Å². The monoisotopic (exact) mass is 426 g/mol. The fraction of sp³-hybridized carbons (Fsp3) is 0.435. The summed E-state index contributed by atoms with van der Waals surface area (Å²) >= 11 is 0. The average Bonchev–Trinajstić information content (AvgIpc) is 2.96. The highest BCUT2D eigenvalue weighted by Gasteiger charge is 2.15. The summed E-state index contributed by atoms with van der Waals surface area (Å²) in [6, 6.07) is 15.0. The van der Waals surface area contributed by atoms with E-state index in [2.05, 4.69) is 33.7 Å². The van der Waals surface area contributed by atoms with E-state index < -0.39 is 10.0 Å². The number of sulfonamides is 1. The van der Waals surface area contributed by atoms with E-state index in [1.165, 1.54) is 0 Å². The van der Waals surface area contributed by atoms with Gasteiger partial charge < -0.3 is 4.90 Å². The van der Waals surface area contributed by atoms with E-state index in [9.17, 15) is 13.7 Å². The third-order valence-electron chi connectivity index (χ3n) is 5.44. The lowest BCUT2D eigenvalue weighted by Crippen LogP contribution is -2.28. The topological polar surface area (TPSA) is 76.4 Å². The van der Waals surface area contributed by atoms with Crippen LogP contribution in [0.15, 0.2) is 47.4 Å². The van der Waals surface area contributed by atoms with Crippen molar-refractivity contribution in [3.05, 3.63) is 53.6 Å². The van der Waals surface area contributed by atoms with Crippen molar-refractivity contribution in [3.8, 4) is 17.2 Å². The first kappa shape index (κ1) is 22.4. The lowest BCUT2D eigenvalue weighted by molar-refractivity contribution is 0.269. The molecule has 0 bridgehead atoms. The minimum atomic E-state index is -3.49. The molecule has 1 N–H and O–H groups in total. The van der Waals surface area contributed by atoms with Crippen LogP contribution in [0.2, 0.25) is 0 Å². The maximum atomic E-state index is 12.3. The molecule has 1 heterocycles. The maximum Gasteiger partial charge on any atom is 0.240 e. The Balaban J connectivity index is 1.77. The highest BCUT2D eigenvalue weighted by atomic mass is 32.2. The van der Waals surface area contributed by atoms with Crippen LogP contribution in [0, 0.1) is 11.3 Å². The molecule has 1 saturated heterocycles.